The fourth-order valence-corrected chi connectivity index (χ4v) is 4.19. The lowest BCUT2D eigenvalue weighted by atomic mass is 9.97. The second-order valence-electron chi connectivity index (χ2n) is 7.12. The van der Waals surface area contributed by atoms with Gasteiger partial charge < -0.3 is 0 Å². The quantitative estimate of drug-likeness (QED) is 0.534. The summed E-state index contributed by atoms with van der Waals surface area (Å²) >= 11 is 1.37. The molecule has 0 saturated heterocycles. The third kappa shape index (κ3) is 3.15. The molecule has 1 aliphatic heterocycles. The van der Waals surface area contributed by atoms with E-state index >= 15 is 0 Å². The van der Waals surface area contributed by atoms with E-state index < -0.39 is 6.17 Å². The van der Waals surface area contributed by atoms with Crippen LogP contribution in [0.15, 0.2) is 52.4 Å². The molecule has 2 heterocycles. The van der Waals surface area contributed by atoms with Gasteiger partial charge in [-0.1, -0.05) is 48.5 Å². The monoisotopic (exact) mass is 407 g/mol. The van der Waals surface area contributed by atoms with E-state index in [1.807, 2.05) is 63.4 Å². The number of rotatable bonds is 3. The fourth-order valence-electron chi connectivity index (χ4n) is 3.82. The Bertz CT molecular complexity index is 1170. The minimum Gasteiger partial charge on any atom is -0.291 e. The zero-order valence-corrected chi connectivity index (χ0v) is 17.7. The number of carbonyl (C=O) groups is 1. The van der Waals surface area contributed by atoms with Gasteiger partial charge in [0.05, 0.1) is 11.3 Å². The molecule has 4 rings (SSSR count). The molecule has 0 aliphatic carbocycles. The molecular weight excluding hydrogens is 384 g/mol. The molecule has 1 atom stereocenters. The van der Waals surface area contributed by atoms with Crippen LogP contribution < -0.4 is 15.1 Å². The average molecular weight is 408 g/mol. The van der Waals surface area contributed by atoms with Gasteiger partial charge in [0.25, 0.3) is 6.17 Å². The molecule has 0 spiro atoms. The minimum absolute atomic E-state index is 0.0192. The van der Waals surface area contributed by atoms with E-state index in [4.69, 9.17) is 5.10 Å². The fraction of sp³-hybridized carbons (Fsp3) is 0.273. The number of H-pyrrole nitrogens is 1. The summed E-state index contributed by atoms with van der Waals surface area (Å²) in [5.74, 6) is -0.0192. The summed E-state index contributed by atoms with van der Waals surface area (Å²) in [4.78, 5) is 30.8. The summed E-state index contributed by atoms with van der Waals surface area (Å²) in [5.41, 5.74) is 4.77. The molecule has 0 fully saturated rings. The Balaban J connectivity index is 2.13. The maximum absolute atomic E-state index is 13.2. The van der Waals surface area contributed by atoms with E-state index in [1.165, 1.54) is 11.8 Å². The number of thioether (sulfide) groups is 1. The van der Waals surface area contributed by atoms with Crippen LogP contribution in [-0.2, 0) is 4.79 Å². The van der Waals surface area contributed by atoms with Crippen molar-refractivity contribution in [2.75, 3.05) is 11.2 Å². The SMILES string of the molecule is CCC(=O)N1c2ccccc2-c2c(=O)[nH]c(SC)n[n+]2C1c1cc(C)ccc1C. The van der Waals surface area contributed by atoms with Crippen molar-refractivity contribution in [3.05, 3.63) is 69.5 Å². The molecule has 1 N–H and O–H groups in total. The van der Waals surface area contributed by atoms with Crippen molar-refractivity contribution in [3.63, 3.8) is 0 Å². The number of hydrogen-bond donors (Lipinski definition) is 1. The van der Waals surface area contributed by atoms with Gasteiger partial charge in [-0.2, -0.15) is 0 Å². The van der Waals surface area contributed by atoms with Crippen molar-refractivity contribution in [3.8, 4) is 11.3 Å². The topological polar surface area (TPSA) is 69.9 Å². The number of aromatic amines is 1. The normalized spacial score (nSPS) is 15.0. The van der Waals surface area contributed by atoms with Crippen LogP contribution >= 0.6 is 11.8 Å². The van der Waals surface area contributed by atoms with Crippen LogP contribution in [-0.4, -0.2) is 22.2 Å². The highest BCUT2D eigenvalue weighted by molar-refractivity contribution is 7.98. The average Bonchev–Trinajstić information content (AvgIpc) is 2.73. The second kappa shape index (κ2) is 7.48. The number of fused-ring (bicyclic) bond motifs is 3. The molecule has 7 heteroatoms. The Kier molecular flexibility index (Phi) is 5.00. The van der Waals surface area contributed by atoms with E-state index in [0.717, 1.165) is 22.4 Å². The van der Waals surface area contributed by atoms with Gasteiger partial charge in [-0.05, 0) is 48.5 Å². The van der Waals surface area contributed by atoms with Crippen molar-refractivity contribution in [1.29, 1.82) is 0 Å². The first kappa shape index (κ1) is 19.4. The summed E-state index contributed by atoms with van der Waals surface area (Å²) in [6, 6.07) is 13.7. The standard InChI is InChI=1S/C22H22N4O2S/c1-5-18(27)25-17-9-7-6-8-15(17)19-20(28)23-22(29-4)24-26(19)21(25)16-12-13(2)10-11-14(16)3/h6-12,21H,5H2,1-4H3/p+1. The van der Waals surface area contributed by atoms with Crippen molar-refractivity contribution >= 4 is 23.4 Å². The number of aromatic nitrogens is 3. The highest BCUT2D eigenvalue weighted by Gasteiger charge is 2.45. The summed E-state index contributed by atoms with van der Waals surface area (Å²) in [6.45, 7) is 5.90. The molecule has 6 nitrogen and oxygen atoms in total. The predicted molar refractivity (Wildman–Crippen MR) is 114 cm³/mol. The van der Waals surface area contributed by atoms with Gasteiger partial charge >= 0.3 is 11.3 Å². The molecule has 29 heavy (non-hydrogen) atoms. The van der Waals surface area contributed by atoms with Crippen LogP contribution in [0.25, 0.3) is 11.3 Å². The lowest BCUT2D eigenvalue weighted by Crippen LogP contribution is -2.61. The van der Waals surface area contributed by atoms with Crippen LogP contribution in [0.5, 0.6) is 0 Å². The van der Waals surface area contributed by atoms with Crippen molar-refractivity contribution in [2.45, 2.75) is 38.5 Å². The van der Waals surface area contributed by atoms with Crippen LogP contribution in [0.3, 0.4) is 0 Å². The molecule has 0 bridgehead atoms. The van der Waals surface area contributed by atoms with Crippen LogP contribution in [0.4, 0.5) is 5.69 Å². The Labute approximate surface area is 173 Å². The maximum atomic E-state index is 13.2. The largest absolute Gasteiger partial charge is 0.325 e. The molecule has 0 saturated carbocycles. The summed E-state index contributed by atoms with van der Waals surface area (Å²) < 4.78 is 1.71. The first-order chi connectivity index (χ1) is 14.0. The Morgan fingerprint density at radius 1 is 1.24 bits per heavy atom. The summed E-state index contributed by atoms with van der Waals surface area (Å²) in [6.07, 6.45) is 1.69. The Hall–Kier alpha value is -2.93. The lowest BCUT2D eigenvalue weighted by Gasteiger charge is -2.32. The summed E-state index contributed by atoms with van der Waals surface area (Å²) in [5, 5.41) is 5.23. The van der Waals surface area contributed by atoms with Crippen LogP contribution in [0.1, 0.15) is 36.2 Å². The number of amides is 1. The van der Waals surface area contributed by atoms with Gasteiger partial charge in [-0.3, -0.25) is 14.6 Å². The van der Waals surface area contributed by atoms with Gasteiger partial charge in [-0.25, -0.2) is 4.90 Å². The maximum Gasteiger partial charge on any atom is 0.325 e. The molecule has 1 aliphatic rings. The third-order valence-electron chi connectivity index (χ3n) is 5.24. The van der Waals surface area contributed by atoms with E-state index in [2.05, 4.69) is 11.1 Å². The van der Waals surface area contributed by atoms with Crippen molar-refractivity contribution in [1.82, 2.24) is 10.1 Å². The zero-order valence-electron chi connectivity index (χ0n) is 16.9. The smallest absolute Gasteiger partial charge is 0.291 e. The van der Waals surface area contributed by atoms with Gasteiger partial charge in [0.1, 0.15) is 0 Å². The molecule has 1 unspecified atom stereocenters. The van der Waals surface area contributed by atoms with Gasteiger partial charge in [0.15, 0.2) is 0 Å². The molecular formula is C22H23N4O2S+. The number of benzene rings is 2. The molecule has 1 amide bonds. The Morgan fingerprint density at radius 3 is 2.72 bits per heavy atom. The number of aryl methyl sites for hydroxylation is 2. The van der Waals surface area contributed by atoms with Gasteiger partial charge in [0, 0.05) is 17.1 Å². The number of carbonyl (C=O) groups excluding carboxylic acids is 1. The highest BCUT2D eigenvalue weighted by atomic mass is 32.2. The molecule has 0 radical (unpaired) electrons. The summed E-state index contributed by atoms with van der Waals surface area (Å²) in [7, 11) is 0. The highest BCUT2D eigenvalue weighted by Crippen LogP contribution is 2.38. The first-order valence-corrected chi connectivity index (χ1v) is 10.8. The molecule has 1 aromatic heterocycles. The predicted octanol–water partition coefficient (Wildman–Crippen LogP) is 3.37. The van der Waals surface area contributed by atoms with Crippen LogP contribution in [0.2, 0.25) is 0 Å². The van der Waals surface area contributed by atoms with Crippen molar-refractivity contribution in [2.24, 2.45) is 0 Å². The number of para-hydroxylation sites is 1. The third-order valence-corrected chi connectivity index (χ3v) is 5.81. The van der Waals surface area contributed by atoms with Gasteiger partial charge in [-0.15, -0.1) is 0 Å². The van der Waals surface area contributed by atoms with Gasteiger partial charge in [0.2, 0.25) is 11.1 Å². The van der Waals surface area contributed by atoms with Crippen molar-refractivity contribution < 1.29 is 9.48 Å². The molecule has 3 aromatic rings. The van der Waals surface area contributed by atoms with E-state index in [1.54, 1.807) is 9.58 Å². The van der Waals surface area contributed by atoms with E-state index in [0.29, 0.717) is 22.8 Å². The lowest BCUT2D eigenvalue weighted by molar-refractivity contribution is -0.763. The molecule has 2 aromatic carbocycles. The number of anilines is 1. The first-order valence-electron chi connectivity index (χ1n) is 9.55. The number of nitrogens with one attached hydrogen (secondary N) is 1. The number of nitrogens with zero attached hydrogens (tertiary/aromatic N) is 3. The number of hydrogen-bond acceptors (Lipinski definition) is 4. The second-order valence-corrected chi connectivity index (χ2v) is 7.92. The Morgan fingerprint density at radius 2 is 2.00 bits per heavy atom. The van der Waals surface area contributed by atoms with E-state index in [-0.39, 0.29) is 11.5 Å². The molecule has 148 valence electrons. The minimum atomic E-state index is -0.527. The zero-order chi connectivity index (χ0) is 20.7. The van der Waals surface area contributed by atoms with E-state index in [9.17, 15) is 9.59 Å². The van der Waals surface area contributed by atoms with Crippen LogP contribution in [0, 0.1) is 13.8 Å².